The van der Waals surface area contributed by atoms with Gasteiger partial charge in [-0.2, -0.15) is 0 Å². The number of rotatable bonds is 3. The van der Waals surface area contributed by atoms with Crippen molar-refractivity contribution in [3.63, 3.8) is 0 Å². The fourth-order valence-corrected chi connectivity index (χ4v) is 3.14. The highest BCUT2D eigenvalue weighted by Gasteiger charge is 2.26. The van der Waals surface area contributed by atoms with Gasteiger partial charge in [0.05, 0.1) is 10.0 Å². The monoisotopic (exact) mass is 319 g/mol. The highest BCUT2D eigenvalue weighted by Crippen LogP contribution is 2.26. The van der Waals surface area contributed by atoms with E-state index in [1.54, 1.807) is 18.2 Å². The van der Waals surface area contributed by atoms with Crippen LogP contribution in [-0.4, -0.2) is 17.8 Å². The molecular formula is C14H16Cl3NO. The Morgan fingerprint density at radius 3 is 2.63 bits per heavy atom. The molecule has 1 fully saturated rings. The average molecular weight is 321 g/mol. The molecule has 5 heteroatoms. The summed E-state index contributed by atoms with van der Waals surface area (Å²) in [5.41, 5.74) is 0.535. The van der Waals surface area contributed by atoms with Crippen molar-refractivity contribution in [1.82, 2.24) is 5.32 Å². The second-order valence-electron chi connectivity index (χ2n) is 4.91. The molecular weight excluding hydrogens is 305 g/mol. The second-order valence-corrected chi connectivity index (χ2v) is 6.03. The number of hydrogen-bond donors (Lipinski definition) is 1. The zero-order valence-corrected chi connectivity index (χ0v) is 12.7. The first-order chi connectivity index (χ1) is 9.11. The summed E-state index contributed by atoms with van der Waals surface area (Å²) in [6.07, 6.45) is 4.40. The van der Waals surface area contributed by atoms with E-state index >= 15 is 0 Å². The van der Waals surface area contributed by atoms with Gasteiger partial charge in [0.2, 0.25) is 0 Å². The number of carbonyl (C=O) groups is 1. The number of amides is 1. The van der Waals surface area contributed by atoms with E-state index in [2.05, 4.69) is 5.32 Å². The van der Waals surface area contributed by atoms with Crippen molar-refractivity contribution in [2.24, 2.45) is 5.92 Å². The lowest BCUT2D eigenvalue weighted by Gasteiger charge is -2.30. The van der Waals surface area contributed by atoms with Gasteiger partial charge in [-0.1, -0.05) is 36.0 Å². The third kappa shape index (κ3) is 3.77. The number of benzene rings is 1. The molecule has 1 saturated carbocycles. The average Bonchev–Trinajstić information content (AvgIpc) is 2.42. The van der Waals surface area contributed by atoms with Crippen LogP contribution in [0.25, 0.3) is 0 Å². The molecule has 1 aliphatic carbocycles. The van der Waals surface area contributed by atoms with Crippen LogP contribution in [0.2, 0.25) is 10.0 Å². The van der Waals surface area contributed by atoms with E-state index in [0.717, 1.165) is 19.3 Å². The minimum atomic E-state index is -0.111. The van der Waals surface area contributed by atoms with Gasteiger partial charge < -0.3 is 5.32 Å². The highest BCUT2D eigenvalue weighted by atomic mass is 35.5. The number of alkyl halides is 1. The molecule has 0 radical (unpaired) electrons. The van der Waals surface area contributed by atoms with Gasteiger partial charge in [0.1, 0.15) is 0 Å². The van der Waals surface area contributed by atoms with Crippen LogP contribution in [0.3, 0.4) is 0 Å². The minimum absolute atomic E-state index is 0.111. The fraction of sp³-hybridized carbons (Fsp3) is 0.500. The maximum absolute atomic E-state index is 12.2. The van der Waals surface area contributed by atoms with Crippen molar-refractivity contribution in [3.05, 3.63) is 33.8 Å². The number of halogens is 3. The summed E-state index contributed by atoms with van der Waals surface area (Å²) in [6.45, 7) is 0. The first kappa shape index (κ1) is 15.0. The summed E-state index contributed by atoms with van der Waals surface area (Å²) < 4.78 is 0. The van der Waals surface area contributed by atoms with Crippen LogP contribution < -0.4 is 5.32 Å². The van der Waals surface area contributed by atoms with Gasteiger partial charge in [0.15, 0.2) is 0 Å². The molecule has 1 N–H and O–H groups in total. The van der Waals surface area contributed by atoms with Gasteiger partial charge in [0.25, 0.3) is 5.91 Å². The lowest BCUT2D eigenvalue weighted by atomic mass is 9.85. The number of carbonyl (C=O) groups excluding carboxylic acids is 1. The smallest absolute Gasteiger partial charge is 0.251 e. The Labute approximate surface area is 128 Å². The Hall–Kier alpha value is -0.440. The van der Waals surface area contributed by atoms with E-state index in [1.165, 1.54) is 6.42 Å². The minimum Gasteiger partial charge on any atom is -0.349 e. The van der Waals surface area contributed by atoms with Crippen LogP contribution in [-0.2, 0) is 0 Å². The van der Waals surface area contributed by atoms with E-state index in [-0.39, 0.29) is 11.9 Å². The van der Waals surface area contributed by atoms with Gasteiger partial charge in [-0.05, 0) is 37.0 Å². The van der Waals surface area contributed by atoms with Gasteiger partial charge >= 0.3 is 0 Å². The van der Waals surface area contributed by atoms with Crippen molar-refractivity contribution in [2.45, 2.75) is 31.7 Å². The summed E-state index contributed by atoms with van der Waals surface area (Å²) >= 11 is 17.7. The van der Waals surface area contributed by atoms with Gasteiger partial charge in [-0.3, -0.25) is 4.79 Å². The maximum atomic E-state index is 12.2. The molecule has 104 valence electrons. The number of nitrogens with one attached hydrogen (secondary N) is 1. The normalized spacial score (nSPS) is 23.1. The maximum Gasteiger partial charge on any atom is 0.251 e. The molecule has 1 aromatic carbocycles. The SMILES string of the molecule is O=C(NC1CCCCC1CCl)c1ccc(Cl)c(Cl)c1. The molecule has 0 spiro atoms. The Morgan fingerprint density at radius 1 is 1.21 bits per heavy atom. The molecule has 1 amide bonds. The first-order valence-corrected chi connectivity index (χ1v) is 7.72. The highest BCUT2D eigenvalue weighted by molar-refractivity contribution is 6.42. The van der Waals surface area contributed by atoms with Crippen LogP contribution >= 0.6 is 34.8 Å². The van der Waals surface area contributed by atoms with Crippen LogP contribution in [0.4, 0.5) is 0 Å². The molecule has 2 atom stereocenters. The molecule has 0 saturated heterocycles. The number of hydrogen-bond acceptors (Lipinski definition) is 1. The Kier molecular flexibility index (Phi) is 5.37. The van der Waals surface area contributed by atoms with Crippen LogP contribution in [0.15, 0.2) is 18.2 Å². The van der Waals surface area contributed by atoms with Crippen molar-refractivity contribution in [1.29, 1.82) is 0 Å². The van der Waals surface area contributed by atoms with Crippen molar-refractivity contribution in [2.75, 3.05) is 5.88 Å². The van der Waals surface area contributed by atoms with Gasteiger partial charge in [-0.25, -0.2) is 0 Å². The molecule has 0 bridgehead atoms. The molecule has 0 aliphatic heterocycles. The third-order valence-electron chi connectivity index (χ3n) is 3.61. The topological polar surface area (TPSA) is 29.1 Å². The molecule has 2 nitrogen and oxygen atoms in total. The van der Waals surface area contributed by atoms with Gasteiger partial charge in [0, 0.05) is 17.5 Å². The van der Waals surface area contributed by atoms with Crippen molar-refractivity contribution in [3.8, 4) is 0 Å². The van der Waals surface area contributed by atoms with Crippen LogP contribution in [0.5, 0.6) is 0 Å². The Morgan fingerprint density at radius 2 is 1.95 bits per heavy atom. The van der Waals surface area contributed by atoms with Crippen molar-refractivity contribution < 1.29 is 4.79 Å². The fourth-order valence-electron chi connectivity index (χ4n) is 2.47. The zero-order valence-electron chi connectivity index (χ0n) is 10.5. The van der Waals surface area contributed by atoms with Crippen LogP contribution in [0.1, 0.15) is 36.0 Å². The predicted octanol–water partition coefficient (Wildman–Crippen LogP) is 4.52. The summed E-state index contributed by atoms with van der Waals surface area (Å²) in [5, 5.41) is 3.91. The molecule has 2 unspecified atom stereocenters. The van der Waals surface area contributed by atoms with Crippen LogP contribution in [0, 0.1) is 5.92 Å². The molecule has 19 heavy (non-hydrogen) atoms. The first-order valence-electron chi connectivity index (χ1n) is 6.43. The zero-order chi connectivity index (χ0) is 13.8. The van der Waals surface area contributed by atoms with E-state index in [1.807, 2.05) is 0 Å². The van der Waals surface area contributed by atoms with E-state index in [0.29, 0.717) is 27.4 Å². The summed E-state index contributed by atoms with van der Waals surface area (Å²) in [6, 6.07) is 5.08. The summed E-state index contributed by atoms with van der Waals surface area (Å²) in [4.78, 5) is 12.2. The standard InChI is InChI=1S/C14H16Cl3NO/c15-8-10-3-1-2-4-13(10)18-14(19)9-5-6-11(16)12(17)7-9/h5-7,10,13H,1-4,8H2,(H,18,19). The molecule has 1 aliphatic rings. The van der Waals surface area contributed by atoms with E-state index in [4.69, 9.17) is 34.8 Å². The predicted molar refractivity (Wildman–Crippen MR) is 80.4 cm³/mol. The van der Waals surface area contributed by atoms with Gasteiger partial charge in [-0.15, -0.1) is 11.6 Å². The lowest BCUT2D eigenvalue weighted by molar-refractivity contribution is 0.0911. The molecule has 2 rings (SSSR count). The van der Waals surface area contributed by atoms with E-state index < -0.39 is 0 Å². The third-order valence-corrected chi connectivity index (χ3v) is 4.74. The Bertz CT molecular complexity index is 464. The Balaban J connectivity index is 2.05. The summed E-state index contributed by atoms with van der Waals surface area (Å²) in [5.74, 6) is 0.842. The summed E-state index contributed by atoms with van der Waals surface area (Å²) in [7, 11) is 0. The quantitative estimate of drug-likeness (QED) is 0.815. The van der Waals surface area contributed by atoms with Crippen molar-refractivity contribution >= 4 is 40.7 Å². The van der Waals surface area contributed by atoms with E-state index in [9.17, 15) is 4.79 Å². The largest absolute Gasteiger partial charge is 0.349 e. The molecule has 0 heterocycles. The molecule has 0 aromatic heterocycles. The second kappa shape index (κ2) is 6.83. The lowest BCUT2D eigenvalue weighted by Crippen LogP contribution is -2.42. The molecule has 1 aromatic rings.